The largest absolute Gasteiger partial charge is 0.396 e. The zero-order valence-corrected chi connectivity index (χ0v) is 9.55. The number of hydrogen-bond acceptors (Lipinski definition) is 4. The van der Waals surface area contributed by atoms with E-state index < -0.39 is 0 Å². The highest BCUT2D eigenvalue weighted by Crippen LogP contribution is 2.16. The molecule has 0 aliphatic heterocycles. The van der Waals surface area contributed by atoms with Crippen molar-refractivity contribution >= 4 is 11.3 Å². The molecule has 0 aliphatic carbocycles. The number of nitrogens with zero attached hydrogens (tertiary/aromatic N) is 1. The van der Waals surface area contributed by atoms with E-state index in [2.05, 4.69) is 24.1 Å². The van der Waals surface area contributed by atoms with Gasteiger partial charge in [0.05, 0.1) is 6.04 Å². The minimum absolute atomic E-state index is 0.246. The van der Waals surface area contributed by atoms with Gasteiger partial charge in [0.25, 0.3) is 0 Å². The molecule has 1 aromatic heterocycles. The molecule has 2 N–H and O–H groups in total. The van der Waals surface area contributed by atoms with Crippen LogP contribution in [0.25, 0.3) is 0 Å². The van der Waals surface area contributed by atoms with Crippen molar-refractivity contribution in [2.24, 2.45) is 0 Å². The fraction of sp³-hybridized carbons (Fsp3) is 0.700. The molecule has 3 nitrogen and oxygen atoms in total. The summed E-state index contributed by atoms with van der Waals surface area (Å²) in [6.45, 7) is 4.48. The second-order valence-electron chi connectivity index (χ2n) is 3.38. The molecule has 0 fully saturated rings. The predicted molar refractivity (Wildman–Crippen MR) is 59.4 cm³/mol. The summed E-state index contributed by atoms with van der Waals surface area (Å²) in [5, 5.41) is 15.4. The van der Waals surface area contributed by atoms with Gasteiger partial charge in [-0.2, -0.15) is 0 Å². The molecule has 1 rings (SSSR count). The van der Waals surface area contributed by atoms with Crippen LogP contribution in [0.1, 0.15) is 37.7 Å². The number of aromatic nitrogens is 1. The van der Waals surface area contributed by atoms with Crippen molar-refractivity contribution in [1.29, 1.82) is 0 Å². The fourth-order valence-corrected chi connectivity index (χ4v) is 2.09. The van der Waals surface area contributed by atoms with Gasteiger partial charge >= 0.3 is 0 Å². The van der Waals surface area contributed by atoms with Crippen molar-refractivity contribution < 1.29 is 5.11 Å². The van der Waals surface area contributed by atoms with Gasteiger partial charge in [-0.15, -0.1) is 11.3 Å². The minimum Gasteiger partial charge on any atom is -0.396 e. The highest BCUT2D eigenvalue weighted by atomic mass is 32.1. The van der Waals surface area contributed by atoms with Crippen molar-refractivity contribution in [3.05, 3.63) is 16.6 Å². The van der Waals surface area contributed by atoms with Gasteiger partial charge in [-0.05, 0) is 19.8 Å². The van der Waals surface area contributed by atoms with Gasteiger partial charge in [0, 0.05) is 24.2 Å². The Bertz CT molecular complexity index is 238. The third-order valence-electron chi connectivity index (χ3n) is 2.28. The van der Waals surface area contributed by atoms with Gasteiger partial charge in [-0.3, -0.25) is 0 Å². The molecular weight excluding hydrogens is 196 g/mol. The Labute approximate surface area is 89.2 Å². The Hall–Kier alpha value is -0.450. The summed E-state index contributed by atoms with van der Waals surface area (Å²) in [5.74, 6) is 0. The first-order chi connectivity index (χ1) is 6.77. The Morgan fingerprint density at radius 2 is 2.43 bits per heavy atom. The third-order valence-corrected chi connectivity index (χ3v) is 3.24. The predicted octanol–water partition coefficient (Wildman–Crippen LogP) is 1.95. The Morgan fingerprint density at radius 1 is 1.64 bits per heavy atom. The van der Waals surface area contributed by atoms with Crippen LogP contribution in [-0.2, 0) is 0 Å². The lowest BCUT2D eigenvalue weighted by Gasteiger charge is -2.19. The van der Waals surface area contributed by atoms with Gasteiger partial charge in [-0.1, -0.05) is 6.92 Å². The number of thiazole rings is 1. The molecule has 1 aromatic rings. The lowest BCUT2D eigenvalue weighted by Crippen LogP contribution is -2.31. The molecule has 0 amide bonds. The Kier molecular flexibility index (Phi) is 5.07. The smallest absolute Gasteiger partial charge is 0.109 e. The van der Waals surface area contributed by atoms with E-state index >= 15 is 0 Å². The van der Waals surface area contributed by atoms with Crippen LogP contribution in [0.15, 0.2) is 11.6 Å². The van der Waals surface area contributed by atoms with E-state index in [4.69, 9.17) is 5.11 Å². The highest BCUT2D eigenvalue weighted by Gasteiger charge is 2.12. The lowest BCUT2D eigenvalue weighted by atomic mass is 10.1. The number of nitrogens with one attached hydrogen (secondary N) is 1. The van der Waals surface area contributed by atoms with Crippen LogP contribution in [0.2, 0.25) is 0 Å². The molecule has 4 heteroatoms. The summed E-state index contributed by atoms with van der Waals surface area (Å²) in [7, 11) is 0. The maximum absolute atomic E-state index is 8.86. The topological polar surface area (TPSA) is 45.1 Å². The number of aliphatic hydroxyl groups is 1. The first-order valence-corrected chi connectivity index (χ1v) is 5.92. The molecule has 14 heavy (non-hydrogen) atoms. The van der Waals surface area contributed by atoms with E-state index in [0.29, 0.717) is 6.04 Å². The fourth-order valence-electron chi connectivity index (χ4n) is 1.43. The summed E-state index contributed by atoms with van der Waals surface area (Å²) >= 11 is 1.67. The number of hydrogen-bond donors (Lipinski definition) is 2. The molecule has 2 atom stereocenters. The van der Waals surface area contributed by atoms with E-state index in [1.54, 1.807) is 11.3 Å². The molecule has 0 saturated heterocycles. The van der Waals surface area contributed by atoms with Crippen molar-refractivity contribution in [3.63, 3.8) is 0 Å². The maximum Gasteiger partial charge on any atom is 0.109 e. The van der Waals surface area contributed by atoms with Crippen LogP contribution in [0.5, 0.6) is 0 Å². The van der Waals surface area contributed by atoms with E-state index in [9.17, 15) is 0 Å². The Morgan fingerprint density at radius 3 is 2.93 bits per heavy atom. The summed E-state index contributed by atoms with van der Waals surface area (Å²) in [5.41, 5.74) is 0. The van der Waals surface area contributed by atoms with Gasteiger partial charge in [0.2, 0.25) is 0 Å². The van der Waals surface area contributed by atoms with Crippen molar-refractivity contribution in [1.82, 2.24) is 10.3 Å². The SMILES string of the molecule is CCC(CCO)NC(C)c1nccs1. The van der Waals surface area contributed by atoms with Gasteiger partial charge < -0.3 is 10.4 Å². The first kappa shape index (κ1) is 11.6. The highest BCUT2D eigenvalue weighted by molar-refractivity contribution is 7.09. The van der Waals surface area contributed by atoms with Crippen LogP contribution < -0.4 is 5.32 Å². The average Bonchev–Trinajstić information content (AvgIpc) is 2.69. The summed E-state index contributed by atoms with van der Waals surface area (Å²) in [6, 6.07) is 0.672. The summed E-state index contributed by atoms with van der Waals surface area (Å²) < 4.78 is 0. The van der Waals surface area contributed by atoms with Crippen LogP contribution in [-0.4, -0.2) is 22.7 Å². The van der Waals surface area contributed by atoms with Crippen LogP contribution in [0.3, 0.4) is 0 Å². The van der Waals surface area contributed by atoms with Crippen molar-refractivity contribution in [2.75, 3.05) is 6.61 Å². The molecule has 1 heterocycles. The molecule has 0 spiro atoms. The van der Waals surface area contributed by atoms with Crippen LogP contribution in [0.4, 0.5) is 0 Å². The van der Waals surface area contributed by atoms with Gasteiger partial charge in [0.15, 0.2) is 0 Å². The molecule has 80 valence electrons. The number of aliphatic hydroxyl groups excluding tert-OH is 1. The molecule has 2 unspecified atom stereocenters. The van der Waals surface area contributed by atoms with E-state index in [0.717, 1.165) is 17.8 Å². The van der Waals surface area contributed by atoms with Crippen LogP contribution in [0, 0.1) is 0 Å². The standard InChI is InChI=1S/C10H18N2OS/c1-3-9(4-6-13)12-8(2)10-11-5-7-14-10/h5,7-9,12-13H,3-4,6H2,1-2H3. The quantitative estimate of drug-likeness (QED) is 0.761. The minimum atomic E-state index is 0.246. The van der Waals surface area contributed by atoms with Gasteiger partial charge in [-0.25, -0.2) is 4.98 Å². The molecule has 0 radical (unpaired) electrons. The zero-order valence-electron chi connectivity index (χ0n) is 8.73. The monoisotopic (exact) mass is 214 g/mol. The second-order valence-corrected chi connectivity index (χ2v) is 4.30. The second kappa shape index (κ2) is 6.11. The lowest BCUT2D eigenvalue weighted by molar-refractivity contribution is 0.257. The third kappa shape index (κ3) is 3.36. The van der Waals surface area contributed by atoms with E-state index in [1.807, 2.05) is 11.6 Å². The van der Waals surface area contributed by atoms with E-state index in [-0.39, 0.29) is 12.6 Å². The molecular formula is C10H18N2OS. The van der Waals surface area contributed by atoms with Gasteiger partial charge in [0.1, 0.15) is 5.01 Å². The molecule has 0 aliphatic rings. The van der Waals surface area contributed by atoms with Crippen molar-refractivity contribution in [3.8, 4) is 0 Å². The Balaban J connectivity index is 2.42. The van der Waals surface area contributed by atoms with E-state index in [1.165, 1.54) is 0 Å². The normalized spacial score (nSPS) is 15.4. The zero-order chi connectivity index (χ0) is 10.4. The molecule has 0 saturated carbocycles. The number of rotatable bonds is 6. The average molecular weight is 214 g/mol. The summed E-state index contributed by atoms with van der Waals surface area (Å²) in [4.78, 5) is 4.26. The van der Waals surface area contributed by atoms with Crippen molar-refractivity contribution in [2.45, 2.75) is 38.8 Å². The maximum atomic E-state index is 8.86. The molecule has 0 aromatic carbocycles. The summed E-state index contributed by atoms with van der Waals surface area (Å²) in [6.07, 6.45) is 3.67. The first-order valence-electron chi connectivity index (χ1n) is 5.04. The molecule has 0 bridgehead atoms. The van der Waals surface area contributed by atoms with Crippen LogP contribution >= 0.6 is 11.3 Å².